The van der Waals surface area contributed by atoms with Crippen molar-refractivity contribution in [3.05, 3.63) is 64.7 Å². The lowest BCUT2D eigenvalue weighted by atomic mass is 10.1. The van der Waals surface area contributed by atoms with Gasteiger partial charge in [-0.3, -0.25) is 9.59 Å². The maximum Gasteiger partial charge on any atom is 0.258 e. The molecule has 0 spiro atoms. The lowest BCUT2D eigenvalue weighted by molar-refractivity contribution is -0.128. The first-order valence-electron chi connectivity index (χ1n) is 10.0. The van der Waals surface area contributed by atoms with Crippen LogP contribution in [0.5, 0.6) is 5.75 Å². The molecular formula is C23H26N2O3. The number of hydrogen-bond donors (Lipinski definition) is 1. The van der Waals surface area contributed by atoms with Gasteiger partial charge in [0.25, 0.3) is 5.91 Å². The summed E-state index contributed by atoms with van der Waals surface area (Å²) < 4.78 is 5.64. The van der Waals surface area contributed by atoms with E-state index in [0.717, 1.165) is 42.7 Å². The van der Waals surface area contributed by atoms with E-state index in [1.165, 1.54) is 17.5 Å². The van der Waals surface area contributed by atoms with Crippen molar-refractivity contribution in [2.45, 2.75) is 45.2 Å². The van der Waals surface area contributed by atoms with Crippen LogP contribution in [0.25, 0.3) is 0 Å². The SMILES string of the molecule is O=C(COc1ccc2c(c1)CCC2)NCc1ccc(CN2CCCC2=O)cc1. The number of ether oxygens (including phenoxy) is 1. The Labute approximate surface area is 165 Å². The van der Waals surface area contributed by atoms with E-state index in [4.69, 9.17) is 4.74 Å². The van der Waals surface area contributed by atoms with Gasteiger partial charge in [0.05, 0.1) is 0 Å². The summed E-state index contributed by atoms with van der Waals surface area (Å²) in [6.45, 7) is 2.00. The van der Waals surface area contributed by atoms with Crippen LogP contribution in [0.2, 0.25) is 0 Å². The summed E-state index contributed by atoms with van der Waals surface area (Å²) in [5, 5.41) is 2.89. The van der Waals surface area contributed by atoms with Gasteiger partial charge < -0.3 is 15.0 Å². The highest BCUT2D eigenvalue weighted by molar-refractivity contribution is 5.78. The second-order valence-corrected chi connectivity index (χ2v) is 7.58. The number of likely N-dealkylation sites (tertiary alicyclic amines) is 1. The minimum absolute atomic E-state index is 0.0218. The van der Waals surface area contributed by atoms with Crippen molar-refractivity contribution in [1.82, 2.24) is 10.2 Å². The number of amides is 2. The molecule has 1 aliphatic heterocycles. The second-order valence-electron chi connectivity index (χ2n) is 7.58. The monoisotopic (exact) mass is 378 g/mol. The van der Waals surface area contributed by atoms with Crippen molar-refractivity contribution in [3.8, 4) is 5.75 Å². The lowest BCUT2D eigenvalue weighted by Gasteiger charge is -2.15. The Morgan fingerprint density at radius 2 is 1.75 bits per heavy atom. The molecule has 2 aromatic carbocycles. The third-order valence-corrected chi connectivity index (χ3v) is 5.50. The fourth-order valence-corrected chi connectivity index (χ4v) is 3.89. The van der Waals surface area contributed by atoms with E-state index in [9.17, 15) is 9.59 Å². The van der Waals surface area contributed by atoms with Gasteiger partial charge in [0.15, 0.2) is 6.61 Å². The maximum atomic E-state index is 12.1. The fourth-order valence-electron chi connectivity index (χ4n) is 3.89. The normalized spacial score (nSPS) is 15.6. The van der Waals surface area contributed by atoms with Gasteiger partial charge in [-0.2, -0.15) is 0 Å². The zero-order chi connectivity index (χ0) is 19.3. The third-order valence-electron chi connectivity index (χ3n) is 5.50. The van der Waals surface area contributed by atoms with Gasteiger partial charge in [-0.15, -0.1) is 0 Å². The molecule has 0 radical (unpaired) electrons. The topological polar surface area (TPSA) is 58.6 Å². The van der Waals surface area contributed by atoms with Gasteiger partial charge in [0.2, 0.25) is 5.91 Å². The summed E-state index contributed by atoms with van der Waals surface area (Å²) in [5.41, 5.74) is 4.88. The molecule has 1 aliphatic carbocycles. The van der Waals surface area contributed by atoms with Crippen molar-refractivity contribution in [2.75, 3.05) is 13.2 Å². The molecule has 1 N–H and O–H groups in total. The molecular weight excluding hydrogens is 352 g/mol. The Kier molecular flexibility index (Phi) is 5.60. The number of benzene rings is 2. The number of hydrogen-bond acceptors (Lipinski definition) is 3. The smallest absolute Gasteiger partial charge is 0.258 e. The summed E-state index contributed by atoms with van der Waals surface area (Å²) in [6.07, 6.45) is 5.06. The minimum atomic E-state index is -0.132. The van der Waals surface area contributed by atoms with Crippen LogP contribution in [-0.2, 0) is 35.5 Å². The van der Waals surface area contributed by atoms with Gasteiger partial charge in [0, 0.05) is 26.1 Å². The van der Waals surface area contributed by atoms with Crippen molar-refractivity contribution >= 4 is 11.8 Å². The number of nitrogens with one attached hydrogen (secondary N) is 1. The molecule has 1 saturated heterocycles. The predicted octanol–water partition coefficient (Wildman–Crippen LogP) is 2.99. The Hall–Kier alpha value is -2.82. The van der Waals surface area contributed by atoms with Crippen LogP contribution in [0.4, 0.5) is 0 Å². The highest BCUT2D eigenvalue weighted by Crippen LogP contribution is 2.25. The number of rotatable bonds is 7. The molecule has 1 heterocycles. The molecule has 146 valence electrons. The predicted molar refractivity (Wildman–Crippen MR) is 107 cm³/mol. The molecule has 0 unspecified atom stereocenters. The van der Waals surface area contributed by atoms with Gasteiger partial charge in [-0.05, 0) is 60.1 Å². The van der Waals surface area contributed by atoms with Crippen LogP contribution in [-0.4, -0.2) is 29.9 Å². The van der Waals surface area contributed by atoms with Gasteiger partial charge in [-0.25, -0.2) is 0 Å². The quantitative estimate of drug-likeness (QED) is 0.806. The average Bonchev–Trinajstić information content (AvgIpc) is 3.34. The first kappa shape index (κ1) is 18.5. The van der Waals surface area contributed by atoms with Gasteiger partial charge in [0.1, 0.15) is 5.75 Å². The van der Waals surface area contributed by atoms with Crippen LogP contribution >= 0.6 is 0 Å². The number of nitrogens with zero attached hydrogens (tertiary/aromatic N) is 1. The molecule has 2 amide bonds. The van der Waals surface area contributed by atoms with Crippen LogP contribution in [0, 0.1) is 0 Å². The number of carbonyl (C=O) groups is 2. The molecule has 4 rings (SSSR count). The highest BCUT2D eigenvalue weighted by Gasteiger charge is 2.19. The van der Waals surface area contributed by atoms with Crippen LogP contribution in [0.3, 0.4) is 0 Å². The van der Waals surface area contributed by atoms with E-state index in [1.54, 1.807) is 0 Å². The van der Waals surface area contributed by atoms with Gasteiger partial charge >= 0.3 is 0 Å². The minimum Gasteiger partial charge on any atom is -0.484 e. The maximum absolute atomic E-state index is 12.1. The van der Waals surface area contributed by atoms with Crippen molar-refractivity contribution in [1.29, 1.82) is 0 Å². The largest absolute Gasteiger partial charge is 0.484 e. The summed E-state index contributed by atoms with van der Waals surface area (Å²) in [6, 6.07) is 14.1. The first-order valence-corrected chi connectivity index (χ1v) is 10.0. The van der Waals surface area contributed by atoms with E-state index in [2.05, 4.69) is 17.4 Å². The molecule has 2 aromatic rings. The van der Waals surface area contributed by atoms with E-state index >= 15 is 0 Å². The lowest BCUT2D eigenvalue weighted by Crippen LogP contribution is -2.28. The Bertz CT molecular complexity index is 861. The summed E-state index contributed by atoms with van der Waals surface area (Å²) >= 11 is 0. The second kappa shape index (κ2) is 8.46. The van der Waals surface area contributed by atoms with E-state index in [1.807, 2.05) is 35.2 Å². The molecule has 0 saturated carbocycles. The van der Waals surface area contributed by atoms with Crippen molar-refractivity contribution in [3.63, 3.8) is 0 Å². The van der Waals surface area contributed by atoms with Gasteiger partial charge in [-0.1, -0.05) is 30.3 Å². The molecule has 0 atom stereocenters. The van der Waals surface area contributed by atoms with E-state index < -0.39 is 0 Å². The molecule has 2 aliphatic rings. The highest BCUT2D eigenvalue weighted by atomic mass is 16.5. The molecule has 5 nitrogen and oxygen atoms in total. The van der Waals surface area contributed by atoms with Crippen molar-refractivity contribution in [2.24, 2.45) is 0 Å². The third kappa shape index (κ3) is 4.53. The summed E-state index contributed by atoms with van der Waals surface area (Å²) in [4.78, 5) is 25.7. The number of fused-ring (bicyclic) bond motifs is 1. The number of aryl methyl sites for hydroxylation is 2. The van der Waals surface area contributed by atoms with Crippen LogP contribution < -0.4 is 10.1 Å². The molecule has 0 bridgehead atoms. The Morgan fingerprint density at radius 3 is 2.54 bits per heavy atom. The molecule has 1 fully saturated rings. The summed E-state index contributed by atoms with van der Waals surface area (Å²) in [7, 11) is 0. The first-order chi connectivity index (χ1) is 13.7. The average molecular weight is 378 g/mol. The standard InChI is InChI=1S/C23H26N2O3/c26-22(16-28-21-11-10-19-3-1-4-20(19)13-21)24-14-17-6-8-18(9-7-17)15-25-12-2-5-23(25)27/h6-11,13H,1-5,12,14-16H2,(H,24,26). The Morgan fingerprint density at radius 1 is 0.964 bits per heavy atom. The summed E-state index contributed by atoms with van der Waals surface area (Å²) in [5.74, 6) is 0.864. The number of carbonyl (C=O) groups excluding carboxylic acids is 2. The Balaban J connectivity index is 1.21. The molecule has 0 aromatic heterocycles. The van der Waals surface area contributed by atoms with Crippen LogP contribution in [0.1, 0.15) is 41.5 Å². The van der Waals surface area contributed by atoms with E-state index in [0.29, 0.717) is 19.5 Å². The van der Waals surface area contributed by atoms with E-state index in [-0.39, 0.29) is 18.4 Å². The molecule has 5 heteroatoms. The van der Waals surface area contributed by atoms with Crippen LogP contribution in [0.15, 0.2) is 42.5 Å². The zero-order valence-electron chi connectivity index (χ0n) is 16.1. The zero-order valence-corrected chi connectivity index (χ0v) is 16.1. The van der Waals surface area contributed by atoms with Crippen molar-refractivity contribution < 1.29 is 14.3 Å². The molecule has 28 heavy (non-hydrogen) atoms. The fraction of sp³-hybridized carbons (Fsp3) is 0.391.